The number of nitrogens with one attached hydrogen (secondary N) is 1. The zero-order valence-electron chi connectivity index (χ0n) is 8.88. The van der Waals surface area contributed by atoms with E-state index >= 15 is 0 Å². The first-order valence-corrected chi connectivity index (χ1v) is 4.72. The molecule has 0 radical (unpaired) electrons. The molecule has 0 aliphatic carbocycles. The van der Waals surface area contributed by atoms with Gasteiger partial charge in [-0.2, -0.15) is 0 Å². The van der Waals surface area contributed by atoms with Crippen molar-refractivity contribution < 1.29 is 19.7 Å². The monoisotopic (exact) mass is 226 g/mol. The summed E-state index contributed by atoms with van der Waals surface area (Å²) in [7, 11) is 1.47. The molecule has 0 fully saturated rings. The third-order valence-electron chi connectivity index (χ3n) is 1.97. The highest BCUT2D eigenvalue weighted by molar-refractivity contribution is 5.96. The van der Waals surface area contributed by atoms with Gasteiger partial charge in [0, 0.05) is 13.3 Å². The van der Waals surface area contributed by atoms with Crippen LogP contribution in [0.2, 0.25) is 0 Å². The molecule has 1 heterocycles. The molecule has 1 aromatic heterocycles. The van der Waals surface area contributed by atoms with E-state index < -0.39 is 11.9 Å². The number of hydrogen-bond donors (Lipinski definition) is 3. The number of carbonyl (C=O) groups excluding carboxylic acids is 1. The standard InChI is InChI=1S/C10H14N2O4/c1-16-6-7(5-13)12-10(15)8-2-3-11-4-9(8)14/h2-4,7,13-14H,5-6H2,1H3,(H,12,15). The Morgan fingerprint density at radius 3 is 3.00 bits per heavy atom. The zero-order chi connectivity index (χ0) is 12.0. The Morgan fingerprint density at radius 1 is 1.69 bits per heavy atom. The molecule has 0 aromatic carbocycles. The van der Waals surface area contributed by atoms with Gasteiger partial charge in [0.2, 0.25) is 0 Å². The molecule has 1 unspecified atom stereocenters. The molecule has 0 aliphatic rings. The number of pyridine rings is 1. The zero-order valence-corrected chi connectivity index (χ0v) is 8.88. The van der Waals surface area contributed by atoms with Gasteiger partial charge in [-0.15, -0.1) is 0 Å². The topological polar surface area (TPSA) is 91.7 Å². The predicted octanol–water partition coefficient (Wildman–Crippen LogP) is -0.476. The average Bonchev–Trinajstić information content (AvgIpc) is 2.28. The summed E-state index contributed by atoms with van der Waals surface area (Å²) in [6, 6.07) is 0.899. The second kappa shape index (κ2) is 6.04. The minimum atomic E-state index is -0.495. The van der Waals surface area contributed by atoms with Crippen LogP contribution < -0.4 is 5.32 Å². The fourth-order valence-electron chi connectivity index (χ4n) is 1.18. The van der Waals surface area contributed by atoms with Gasteiger partial charge >= 0.3 is 0 Å². The van der Waals surface area contributed by atoms with E-state index in [9.17, 15) is 9.90 Å². The Kier molecular flexibility index (Phi) is 4.68. The van der Waals surface area contributed by atoms with Crippen molar-refractivity contribution in [2.75, 3.05) is 20.3 Å². The molecule has 88 valence electrons. The molecule has 6 nitrogen and oxygen atoms in total. The summed E-state index contributed by atoms with van der Waals surface area (Å²) in [5, 5.41) is 20.9. The normalized spacial score (nSPS) is 12.1. The first-order valence-electron chi connectivity index (χ1n) is 4.72. The van der Waals surface area contributed by atoms with E-state index in [1.54, 1.807) is 0 Å². The van der Waals surface area contributed by atoms with Gasteiger partial charge in [-0.05, 0) is 6.07 Å². The summed E-state index contributed by atoms with van der Waals surface area (Å²) in [6.45, 7) is -0.0283. The lowest BCUT2D eigenvalue weighted by molar-refractivity contribution is 0.0837. The number of carbonyl (C=O) groups is 1. The quantitative estimate of drug-likeness (QED) is 0.631. The molecule has 1 atom stereocenters. The molecule has 0 aliphatic heterocycles. The Bertz CT molecular complexity index is 356. The lowest BCUT2D eigenvalue weighted by atomic mass is 10.2. The highest BCUT2D eigenvalue weighted by Gasteiger charge is 2.15. The molecule has 1 amide bonds. The fourth-order valence-corrected chi connectivity index (χ4v) is 1.18. The summed E-state index contributed by atoms with van der Waals surface area (Å²) >= 11 is 0. The van der Waals surface area contributed by atoms with Gasteiger partial charge < -0.3 is 20.3 Å². The minimum Gasteiger partial charge on any atom is -0.505 e. The highest BCUT2D eigenvalue weighted by Crippen LogP contribution is 2.13. The molecule has 0 spiro atoms. The fraction of sp³-hybridized carbons (Fsp3) is 0.400. The van der Waals surface area contributed by atoms with E-state index in [1.807, 2.05) is 0 Å². The summed E-state index contributed by atoms with van der Waals surface area (Å²) in [5.74, 6) is -0.676. The van der Waals surface area contributed by atoms with Crippen LogP contribution >= 0.6 is 0 Å². The van der Waals surface area contributed by atoms with Gasteiger partial charge in [0.1, 0.15) is 5.75 Å². The molecule has 1 rings (SSSR count). The Balaban J connectivity index is 2.68. The Morgan fingerprint density at radius 2 is 2.44 bits per heavy atom. The molecule has 0 saturated carbocycles. The van der Waals surface area contributed by atoms with Crippen molar-refractivity contribution >= 4 is 5.91 Å². The van der Waals surface area contributed by atoms with Crippen molar-refractivity contribution in [3.8, 4) is 5.75 Å². The maximum atomic E-state index is 11.6. The predicted molar refractivity (Wildman–Crippen MR) is 56.1 cm³/mol. The van der Waals surface area contributed by atoms with Gasteiger partial charge in [-0.25, -0.2) is 0 Å². The van der Waals surface area contributed by atoms with Crippen molar-refractivity contribution in [1.82, 2.24) is 10.3 Å². The van der Waals surface area contributed by atoms with Gasteiger partial charge in [-0.3, -0.25) is 9.78 Å². The van der Waals surface area contributed by atoms with E-state index in [0.29, 0.717) is 0 Å². The number of hydrogen-bond acceptors (Lipinski definition) is 5. The van der Waals surface area contributed by atoms with Crippen LogP contribution in [0.4, 0.5) is 0 Å². The van der Waals surface area contributed by atoms with Crippen LogP contribution in [0.15, 0.2) is 18.5 Å². The second-order valence-electron chi connectivity index (χ2n) is 3.20. The van der Waals surface area contributed by atoms with Crippen LogP contribution in [0.5, 0.6) is 5.75 Å². The van der Waals surface area contributed by atoms with Gasteiger partial charge in [-0.1, -0.05) is 0 Å². The smallest absolute Gasteiger partial charge is 0.255 e. The van der Waals surface area contributed by atoms with Gasteiger partial charge in [0.15, 0.2) is 0 Å². The van der Waals surface area contributed by atoms with Crippen molar-refractivity contribution in [2.24, 2.45) is 0 Å². The van der Waals surface area contributed by atoms with Crippen molar-refractivity contribution in [3.05, 3.63) is 24.0 Å². The summed E-state index contributed by atoms with van der Waals surface area (Å²) in [4.78, 5) is 15.3. The van der Waals surface area contributed by atoms with E-state index in [0.717, 1.165) is 0 Å². The van der Waals surface area contributed by atoms with Crippen LogP contribution in [-0.2, 0) is 4.74 Å². The van der Waals surface area contributed by atoms with E-state index in [-0.39, 0.29) is 24.5 Å². The van der Waals surface area contributed by atoms with Crippen LogP contribution in [0.25, 0.3) is 0 Å². The third-order valence-corrected chi connectivity index (χ3v) is 1.97. The molecule has 1 aromatic rings. The Labute approximate surface area is 92.9 Å². The number of nitrogens with zero attached hydrogens (tertiary/aromatic N) is 1. The van der Waals surface area contributed by atoms with Crippen molar-refractivity contribution in [1.29, 1.82) is 0 Å². The highest BCUT2D eigenvalue weighted by atomic mass is 16.5. The maximum absolute atomic E-state index is 11.6. The molecule has 0 saturated heterocycles. The van der Waals surface area contributed by atoms with Crippen molar-refractivity contribution in [3.63, 3.8) is 0 Å². The molecule has 3 N–H and O–H groups in total. The largest absolute Gasteiger partial charge is 0.505 e. The van der Waals surface area contributed by atoms with Crippen LogP contribution in [0, 0.1) is 0 Å². The average molecular weight is 226 g/mol. The lowest BCUT2D eigenvalue weighted by Crippen LogP contribution is -2.40. The molecular formula is C10H14N2O4. The van der Waals surface area contributed by atoms with E-state index in [4.69, 9.17) is 9.84 Å². The number of aliphatic hydroxyl groups is 1. The molecule has 6 heteroatoms. The first-order chi connectivity index (χ1) is 7.69. The van der Waals surface area contributed by atoms with Gasteiger partial charge in [0.25, 0.3) is 5.91 Å². The molecular weight excluding hydrogens is 212 g/mol. The van der Waals surface area contributed by atoms with E-state index in [2.05, 4.69) is 10.3 Å². The number of aromatic nitrogens is 1. The van der Waals surface area contributed by atoms with Crippen molar-refractivity contribution in [2.45, 2.75) is 6.04 Å². The summed E-state index contributed by atoms with van der Waals surface area (Å²) in [6.07, 6.45) is 2.58. The summed E-state index contributed by atoms with van der Waals surface area (Å²) < 4.78 is 4.81. The molecule has 0 bridgehead atoms. The third kappa shape index (κ3) is 3.18. The maximum Gasteiger partial charge on any atom is 0.255 e. The number of methoxy groups -OCH3 is 1. The van der Waals surface area contributed by atoms with E-state index in [1.165, 1.54) is 25.6 Å². The van der Waals surface area contributed by atoms with Gasteiger partial charge in [0.05, 0.1) is 31.0 Å². The number of aromatic hydroxyl groups is 1. The number of aliphatic hydroxyl groups excluding tert-OH is 1. The second-order valence-corrected chi connectivity index (χ2v) is 3.20. The SMILES string of the molecule is COCC(CO)NC(=O)c1ccncc1O. The Hall–Kier alpha value is -1.66. The molecule has 16 heavy (non-hydrogen) atoms. The van der Waals surface area contributed by atoms with Crippen LogP contribution in [0.3, 0.4) is 0 Å². The minimum absolute atomic E-state index is 0.115. The number of ether oxygens (including phenoxy) is 1. The first kappa shape index (κ1) is 12.4. The van der Waals surface area contributed by atoms with Crippen LogP contribution in [0.1, 0.15) is 10.4 Å². The number of amides is 1. The number of rotatable bonds is 5. The summed E-state index contributed by atoms with van der Waals surface area (Å²) in [5.41, 5.74) is 0.115. The van der Waals surface area contributed by atoms with Crippen LogP contribution in [-0.4, -0.2) is 47.5 Å². The lowest BCUT2D eigenvalue weighted by Gasteiger charge is -2.15.